The van der Waals surface area contributed by atoms with Gasteiger partial charge in [0, 0.05) is 39.8 Å². The van der Waals surface area contributed by atoms with Crippen LogP contribution in [0.3, 0.4) is 0 Å². The summed E-state index contributed by atoms with van der Waals surface area (Å²) in [4.78, 5) is 26.7. The van der Waals surface area contributed by atoms with E-state index in [1.54, 1.807) is 20.5 Å². The van der Waals surface area contributed by atoms with Crippen molar-refractivity contribution in [1.82, 2.24) is 15.3 Å². The molecule has 0 aliphatic rings. The zero-order chi connectivity index (χ0) is 24.9. The highest BCUT2D eigenvalue weighted by molar-refractivity contribution is 7.99. The van der Waals surface area contributed by atoms with Gasteiger partial charge in [-0.3, -0.25) is 4.99 Å². The van der Waals surface area contributed by atoms with E-state index in [4.69, 9.17) is 4.74 Å². The van der Waals surface area contributed by atoms with Crippen molar-refractivity contribution in [1.29, 1.82) is 0 Å². The Morgan fingerprint density at radius 1 is 1.18 bits per heavy atom. The maximum absolute atomic E-state index is 12.5. The summed E-state index contributed by atoms with van der Waals surface area (Å²) in [5, 5.41) is 7.49. The van der Waals surface area contributed by atoms with Crippen LogP contribution in [-0.2, 0) is 0 Å². The molecule has 7 nitrogen and oxygen atoms in total. The summed E-state index contributed by atoms with van der Waals surface area (Å²) < 4.78 is 5.47. The molecule has 34 heavy (non-hydrogen) atoms. The molecule has 3 rings (SSSR count). The predicted octanol–water partition coefficient (Wildman–Crippen LogP) is 6.24. The topological polar surface area (TPSA) is 88.5 Å². The molecule has 2 amide bonds. The van der Waals surface area contributed by atoms with Gasteiger partial charge >= 0.3 is 6.03 Å². The van der Waals surface area contributed by atoms with Crippen LogP contribution in [0.25, 0.3) is 10.9 Å². The molecule has 1 aromatic heterocycles. The Morgan fingerprint density at radius 2 is 1.94 bits per heavy atom. The molecule has 0 unspecified atom stereocenters. The number of benzene rings is 2. The third kappa shape index (κ3) is 6.35. The number of ether oxygens (including phenoxy) is 1. The molecule has 0 spiro atoms. The fourth-order valence-electron chi connectivity index (χ4n) is 3.41. The lowest BCUT2D eigenvalue weighted by Gasteiger charge is -2.19. The Balaban J connectivity index is 1.75. The number of nitrogens with zero attached hydrogens (tertiary/aromatic N) is 3. The number of aromatic nitrogens is 2. The number of hydrogen-bond donors (Lipinski definition) is 2. The average Bonchev–Trinajstić information content (AvgIpc) is 2.76. The monoisotopic (exact) mass is 477 g/mol. The molecule has 178 valence electrons. The number of methoxy groups -OCH3 is 1. The Hall–Kier alpha value is -3.39. The van der Waals surface area contributed by atoms with Crippen LogP contribution >= 0.6 is 11.8 Å². The van der Waals surface area contributed by atoms with Crippen molar-refractivity contribution in [2.45, 2.75) is 44.5 Å². The molecule has 0 radical (unpaired) electrons. The van der Waals surface area contributed by atoms with E-state index in [2.05, 4.69) is 46.4 Å². The van der Waals surface area contributed by atoms with E-state index in [9.17, 15) is 4.79 Å². The van der Waals surface area contributed by atoms with Crippen LogP contribution in [0.15, 0.2) is 69.4 Å². The number of hydrogen-bond acceptors (Lipinski definition) is 6. The molecule has 2 N–H and O–H groups in total. The first-order valence-electron chi connectivity index (χ1n) is 10.9. The van der Waals surface area contributed by atoms with Crippen molar-refractivity contribution >= 4 is 40.1 Å². The first kappa shape index (κ1) is 25.2. The van der Waals surface area contributed by atoms with E-state index < -0.39 is 0 Å². The summed E-state index contributed by atoms with van der Waals surface area (Å²) in [5.74, 6) is 0.794. The SMILES string of the molecule is CN=C(/C=C(\C)NC(=O)Nc1cccc(Sc2ncnc3cc(C)c(OC)cc23)c1)C(C)(C)C. The van der Waals surface area contributed by atoms with Gasteiger partial charge in [-0.2, -0.15) is 0 Å². The second-order valence-corrected chi connectivity index (χ2v) is 9.98. The van der Waals surface area contributed by atoms with Gasteiger partial charge in [0.2, 0.25) is 0 Å². The van der Waals surface area contributed by atoms with Gasteiger partial charge in [-0.05, 0) is 55.8 Å². The maximum Gasteiger partial charge on any atom is 0.323 e. The Kier molecular flexibility index (Phi) is 7.94. The Labute approximate surface area is 205 Å². The number of anilines is 1. The second-order valence-electron chi connectivity index (χ2n) is 8.91. The molecule has 1 heterocycles. The first-order chi connectivity index (χ1) is 16.1. The van der Waals surface area contributed by atoms with Gasteiger partial charge in [-0.15, -0.1) is 0 Å². The number of aryl methyl sites for hydroxylation is 1. The molecule has 3 aromatic rings. The highest BCUT2D eigenvalue weighted by atomic mass is 32.2. The number of aliphatic imine (C=N–C) groups is 1. The number of urea groups is 1. The van der Waals surface area contributed by atoms with Crippen LogP contribution in [0, 0.1) is 12.3 Å². The number of carbonyl (C=O) groups is 1. The standard InChI is InChI=1S/C26H31N5O2S/c1-16-11-21-20(14-22(16)33-7)24(29-15-28-21)34-19-10-8-9-18(13-19)31-25(32)30-17(2)12-23(27-6)26(3,4)5/h8-15H,1-7H3,(H2,30,31,32)/b17-12+,27-23?. The van der Waals surface area contributed by atoms with Crippen LogP contribution in [0.5, 0.6) is 5.75 Å². The molecule has 0 saturated heterocycles. The zero-order valence-corrected chi connectivity index (χ0v) is 21.5. The number of allylic oxidation sites excluding steroid dienone is 2. The number of amides is 2. The number of fused-ring (bicyclic) bond motifs is 1. The first-order valence-corrected chi connectivity index (χ1v) is 11.7. The minimum atomic E-state index is -0.312. The summed E-state index contributed by atoms with van der Waals surface area (Å²) in [6.07, 6.45) is 3.45. The van der Waals surface area contributed by atoms with Gasteiger partial charge in [-0.25, -0.2) is 14.8 Å². The molecular weight excluding hydrogens is 446 g/mol. The quantitative estimate of drug-likeness (QED) is 0.324. The molecular formula is C26H31N5O2S. The smallest absolute Gasteiger partial charge is 0.323 e. The summed E-state index contributed by atoms with van der Waals surface area (Å²) in [6, 6.07) is 11.3. The third-order valence-corrected chi connectivity index (χ3v) is 6.10. The Bertz CT molecular complexity index is 1260. The Morgan fingerprint density at radius 3 is 2.62 bits per heavy atom. The van der Waals surface area contributed by atoms with Crippen LogP contribution in [0.4, 0.5) is 10.5 Å². The predicted molar refractivity (Wildman–Crippen MR) is 140 cm³/mol. The van der Waals surface area contributed by atoms with E-state index in [1.165, 1.54) is 11.8 Å². The summed E-state index contributed by atoms with van der Waals surface area (Å²) in [7, 11) is 3.41. The van der Waals surface area contributed by atoms with Gasteiger partial charge < -0.3 is 15.4 Å². The van der Waals surface area contributed by atoms with E-state index in [0.29, 0.717) is 5.69 Å². The second kappa shape index (κ2) is 10.7. The van der Waals surface area contributed by atoms with Crippen molar-refractivity contribution in [3.05, 3.63) is 60.1 Å². The van der Waals surface area contributed by atoms with Gasteiger partial charge in [0.1, 0.15) is 17.1 Å². The van der Waals surface area contributed by atoms with Gasteiger partial charge in [-0.1, -0.05) is 38.6 Å². The van der Waals surface area contributed by atoms with Gasteiger partial charge in [0.05, 0.1) is 12.6 Å². The molecule has 8 heteroatoms. The molecule has 0 bridgehead atoms. The highest BCUT2D eigenvalue weighted by Crippen LogP contribution is 2.34. The number of carbonyl (C=O) groups excluding carboxylic acids is 1. The minimum absolute atomic E-state index is 0.104. The average molecular weight is 478 g/mol. The van der Waals surface area contributed by atoms with Crippen LogP contribution in [0.1, 0.15) is 33.3 Å². The van der Waals surface area contributed by atoms with Crippen molar-refractivity contribution in [2.75, 3.05) is 19.5 Å². The molecule has 0 saturated carbocycles. The van der Waals surface area contributed by atoms with Crippen molar-refractivity contribution in [3.63, 3.8) is 0 Å². The molecule has 2 aromatic carbocycles. The van der Waals surface area contributed by atoms with Gasteiger partial charge in [0.25, 0.3) is 0 Å². The molecule has 0 fully saturated rings. The lowest BCUT2D eigenvalue weighted by molar-refractivity contribution is 0.254. The van der Waals surface area contributed by atoms with Crippen molar-refractivity contribution < 1.29 is 9.53 Å². The lowest BCUT2D eigenvalue weighted by atomic mass is 9.89. The van der Waals surface area contributed by atoms with Crippen molar-refractivity contribution in [2.24, 2.45) is 10.4 Å². The molecule has 0 atom stereocenters. The van der Waals surface area contributed by atoms with Crippen LogP contribution in [0.2, 0.25) is 0 Å². The van der Waals surface area contributed by atoms with E-state index >= 15 is 0 Å². The van der Waals surface area contributed by atoms with Crippen molar-refractivity contribution in [3.8, 4) is 5.75 Å². The van der Waals surface area contributed by atoms with Crippen LogP contribution in [-0.4, -0.2) is 35.9 Å². The number of nitrogens with one attached hydrogen (secondary N) is 2. The normalized spacial score (nSPS) is 12.6. The van der Waals surface area contributed by atoms with E-state index in [-0.39, 0.29) is 11.4 Å². The van der Waals surface area contributed by atoms with Gasteiger partial charge in [0.15, 0.2) is 0 Å². The highest BCUT2D eigenvalue weighted by Gasteiger charge is 2.17. The summed E-state index contributed by atoms with van der Waals surface area (Å²) in [6.45, 7) is 10.1. The summed E-state index contributed by atoms with van der Waals surface area (Å²) in [5.41, 5.74) is 4.08. The fraction of sp³-hybridized carbons (Fsp3) is 0.308. The zero-order valence-electron chi connectivity index (χ0n) is 20.7. The molecule has 0 aliphatic heterocycles. The third-order valence-electron chi connectivity index (χ3n) is 5.10. The lowest BCUT2D eigenvalue weighted by Crippen LogP contribution is -2.28. The van der Waals surface area contributed by atoms with E-state index in [1.807, 2.05) is 56.3 Å². The van der Waals surface area contributed by atoms with E-state index in [0.717, 1.165) is 43.5 Å². The van der Waals surface area contributed by atoms with Crippen LogP contribution < -0.4 is 15.4 Å². The fourth-order valence-corrected chi connectivity index (χ4v) is 4.34. The number of rotatable bonds is 6. The largest absolute Gasteiger partial charge is 0.496 e. The molecule has 0 aliphatic carbocycles. The summed E-state index contributed by atoms with van der Waals surface area (Å²) >= 11 is 1.51. The minimum Gasteiger partial charge on any atom is -0.496 e. The maximum atomic E-state index is 12.5.